The minimum atomic E-state index is -2.14. The van der Waals surface area contributed by atoms with Crippen molar-refractivity contribution >= 4 is 79.1 Å². The molecule has 2 aromatic carbocycles. The third kappa shape index (κ3) is 2.02. The highest BCUT2D eigenvalue weighted by Gasteiger charge is 2.48. The zero-order chi connectivity index (χ0) is 13.0. The Hall–Kier alpha value is 0.880. The fourth-order valence-electron chi connectivity index (χ4n) is 2.11. The topological polar surface area (TPSA) is 52.0 Å². The minimum Gasteiger partial charge on any atom is -0.521 e. The average molecular weight is 348 g/mol. The summed E-state index contributed by atoms with van der Waals surface area (Å²) in [6.45, 7) is 0. The Balaban J connectivity index is 2.46. The second-order valence-corrected chi connectivity index (χ2v) is 21.2. The predicted molar refractivity (Wildman–Crippen MR) is 95.3 cm³/mol. The van der Waals surface area contributed by atoms with Crippen LogP contribution in [0.2, 0.25) is 0 Å². The van der Waals surface area contributed by atoms with E-state index in [0.717, 1.165) is 21.4 Å². The van der Waals surface area contributed by atoms with Crippen molar-refractivity contribution in [1.29, 1.82) is 0 Å². The van der Waals surface area contributed by atoms with Gasteiger partial charge in [0.05, 0.1) is 22.8 Å². The van der Waals surface area contributed by atoms with Crippen molar-refractivity contribution in [3.63, 3.8) is 0 Å². The van der Waals surface area contributed by atoms with Gasteiger partial charge in [-0.3, -0.25) is 0 Å². The van der Waals surface area contributed by atoms with Crippen molar-refractivity contribution in [2.75, 3.05) is 0 Å². The van der Waals surface area contributed by atoms with Crippen molar-refractivity contribution in [1.82, 2.24) is 0 Å². The fourth-order valence-corrected chi connectivity index (χ4v) is 25.2. The van der Waals surface area contributed by atoms with E-state index in [1.165, 1.54) is 11.6 Å². The van der Waals surface area contributed by atoms with Crippen LogP contribution in [0.5, 0.6) is 0 Å². The first kappa shape index (κ1) is 13.8. The molecule has 1 heterocycles. The van der Waals surface area contributed by atoms with E-state index in [4.69, 9.17) is 35.1 Å². The first-order chi connectivity index (χ1) is 8.48. The van der Waals surface area contributed by atoms with Crippen molar-refractivity contribution in [3.05, 3.63) is 36.4 Å². The lowest BCUT2D eigenvalue weighted by Gasteiger charge is -2.38. The maximum atomic E-state index is 6.38. The van der Waals surface area contributed by atoms with Gasteiger partial charge >= 0.3 is 0 Å². The molecule has 0 fully saturated rings. The van der Waals surface area contributed by atoms with Gasteiger partial charge in [0.1, 0.15) is 15.5 Å². The first-order valence-corrected chi connectivity index (χ1v) is 14.3. The molecule has 0 aromatic heterocycles. The van der Waals surface area contributed by atoms with E-state index in [-0.39, 0.29) is 0 Å². The van der Waals surface area contributed by atoms with E-state index in [0.29, 0.717) is 0 Å². The summed E-state index contributed by atoms with van der Waals surface area (Å²) in [5.74, 6) is -2.14. The molecule has 0 saturated carbocycles. The van der Waals surface area contributed by atoms with E-state index in [2.05, 4.69) is 18.2 Å². The molecule has 1 aliphatic rings. The normalized spacial score (nSPS) is 30.7. The van der Waals surface area contributed by atoms with Crippen LogP contribution in [-0.4, -0.2) is 0 Å². The highest BCUT2D eigenvalue weighted by Crippen LogP contribution is 2.89. The van der Waals surface area contributed by atoms with Crippen molar-refractivity contribution < 1.29 is 0 Å². The van der Waals surface area contributed by atoms with Crippen LogP contribution >= 0.6 is 33.3 Å². The van der Waals surface area contributed by atoms with Gasteiger partial charge in [0.25, 0.3) is 0 Å². The highest BCUT2D eigenvalue weighted by molar-refractivity contribution is 9.28. The summed E-state index contributed by atoms with van der Waals surface area (Å²) in [6, 6.07) is 12.3. The Kier molecular flexibility index (Phi) is 3.62. The Bertz CT molecular complexity index is 631. The Labute approximate surface area is 125 Å². The van der Waals surface area contributed by atoms with Crippen LogP contribution < -0.4 is 21.3 Å². The highest BCUT2D eigenvalue weighted by atomic mass is 33.5. The van der Waals surface area contributed by atoms with E-state index in [1.807, 2.05) is 18.2 Å². The fraction of sp³-hybridized carbons (Fsp3) is 0. The number of hydrogen-bond donors (Lipinski definition) is 2. The SMILES string of the molecule is NS[P+]1([S-])S[P+](N)([S-])c2cccc3cccc1c23. The van der Waals surface area contributed by atoms with Crippen LogP contribution in [0.1, 0.15) is 0 Å². The standard InChI is InChI=1S/C10H10N2P2S4/c11-13(15)8-5-1-3-7-4-2-6-9(10(7)8)14(16,17-12)18-13/h1-6H,12H2,(H2,11,15). The molecule has 2 nitrogen and oxygen atoms in total. The summed E-state index contributed by atoms with van der Waals surface area (Å²) < 4.78 is 0. The average Bonchev–Trinajstić information content (AvgIpc) is 2.35. The second-order valence-electron chi connectivity index (χ2n) is 3.93. The van der Waals surface area contributed by atoms with Crippen LogP contribution in [0.15, 0.2) is 36.4 Å². The number of benzene rings is 2. The molecule has 0 amide bonds. The van der Waals surface area contributed by atoms with Crippen LogP contribution in [0.4, 0.5) is 0 Å². The van der Waals surface area contributed by atoms with Gasteiger partial charge in [0.15, 0.2) is 11.0 Å². The lowest BCUT2D eigenvalue weighted by molar-refractivity contribution is 1.81. The second kappa shape index (κ2) is 4.71. The van der Waals surface area contributed by atoms with Crippen LogP contribution in [0, 0.1) is 0 Å². The smallest absolute Gasteiger partial charge is 0.183 e. The molecule has 94 valence electrons. The Morgan fingerprint density at radius 1 is 1.06 bits per heavy atom. The largest absolute Gasteiger partial charge is 0.521 e. The molecule has 8 heteroatoms. The summed E-state index contributed by atoms with van der Waals surface area (Å²) in [5.41, 5.74) is 6.38. The summed E-state index contributed by atoms with van der Waals surface area (Å²) in [7, 11) is 0. The molecule has 2 unspecified atom stereocenters. The molecule has 1 aliphatic heterocycles. The lowest BCUT2D eigenvalue weighted by atomic mass is 10.1. The predicted octanol–water partition coefficient (Wildman–Crippen LogP) is 3.02. The molecule has 0 radical (unpaired) electrons. The zero-order valence-corrected chi connectivity index (χ0v) is 14.2. The van der Waals surface area contributed by atoms with E-state index >= 15 is 0 Å². The minimum absolute atomic E-state index is 1.09. The molecule has 2 atom stereocenters. The Morgan fingerprint density at radius 2 is 1.67 bits per heavy atom. The van der Waals surface area contributed by atoms with Crippen molar-refractivity contribution in [2.45, 2.75) is 0 Å². The molecule has 2 aromatic rings. The molecule has 0 aliphatic carbocycles. The molecular weight excluding hydrogens is 338 g/mol. The van der Waals surface area contributed by atoms with Crippen LogP contribution in [0.3, 0.4) is 0 Å². The molecule has 0 spiro atoms. The lowest BCUT2D eigenvalue weighted by Crippen LogP contribution is -2.25. The number of rotatable bonds is 1. The third-order valence-corrected chi connectivity index (χ3v) is 21.8. The summed E-state index contributed by atoms with van der Waals surface area (Å²) in [4.78, 5) is -1.96. The van der Waals surface area contributed by atoms with Gasteiger partial charge in [-0.15, -0.1) is 0 Å². The van der Waals surface area contributed by atoms with Gasteiger partial charge in [-0.05, 0) is 17.5 Å². The summed E-state index contributed by atoms with van der Waals surface area (Å²) in [5, 5.41) is 10.4. The van der Waals surface area contributed by atoms with Gasteiger partial charge in [-0.1, -0.05) is 24.3 Å². The van der Waals surface area contributed by atoms with Gasteiger partial charge in [-0.25, -0.2) is 10.6 Å². The van der Waals surface area contributed by atoms with E-state index in [1.54, 1.807) is 11.0 Å². The van der Waals surface area contributed by atoms with E-state index < -0.39 is 10.7 Å². The van der Waals surface area contributed by atoms with Crippen molar-refractivity contribution in [3.8, 4) is 0 Å². The third-order valence-electron chi connectivity index (χ3n) is 2.86. The maximum Gasteiger partial charge on any atom is 0.183 e. The quantitative estimate of drug-likeness (QED) is 0.469. The Morgan fingerprint density at radius 3 is 2.28 bits per heavy atom. The zero-order valence-electron chi connectivity index (χ0n) is 9.15. The van der Waals surface area contributed by atoms with Crippen LogP contribution in [-0.2, 0) is 24.5 Å². The number of nitrogens with two attached hydrogens (primary N) is 2. The number of hydrogen-bond acceptors (Lipinski definition) is 6. The molecule has 0 bridgehead atoms. The molecule has 3 rings (SSSR count). The monoisotopic (exact) mass is 348 g/mol. The summed E-state index contributed by atoms with van der Waals surface area (Å²) >= 11 is 14.3. The van der Waals surface area contributed by atoms with Crippen LogP contribution in [0.25, 0.3) is 10.8 Å². The molecular formula is C10H10N2P2S4. The summed E-state index contributed by atoms with van der Waals surface area (Å²) in [6.07, 6.45) is 0. The van der Waals surface area contributed by atoms with Gasteiger partial charge in [-0.2, -0.15) is 0 Å². The van der Waals surface area contributed by atoms with Crippen molar-refractivity contribution in [2.24, 2.45) is 10.6 Å². The molecule has 4 N–H and O–H groups in total. The van der Waals surface area contributed by atoms with Gasteiger partial charge in [0.2, 0.25) is 0 Å². The first-order valence-electron chi connectivity index (χ1n) is 5.09. The van der Waals surface area contributed by atoms with Gasteiger partial charge in [0, 0.05) is 0 Å². The maximum absolute atomic E-state index is 6.38. The van der Waals surface area contributed by atoms with E-state index in [9.17, 15) is 0 Å². The molecule has 18 heavy (non-hydrogen) atoms. The molecule has 0 saturated heterocycles. The van der Waals surface area contributed by atoms with Gasteiger partial charge < -0.3 is 24.5 Å².